The molecule has 1 amide bonds. The highest BCUT2D eigenvalue weighted by atomic mass is 35.5. The third-order valence-corrected chi connectivity index (χ3v) is 6.97. The molecular formula is C30H30ClN5O3. The van der Waals surface area contributed by atoms with Crippen LogP contribution in [0.25, 0.3) is 17.0 Å². The quantitative estimate of drug-likeness (QED) is 0.410. The van der Waals surface area contributed by atoms with Crippen molar-refractivity contribution in [3.05, 3.63) is 101 Å². The van der Waals surface area contributed by atoms with Crippen LogP contribution < -0.4 is 5.32 Å². The van der Waals surface area contributed by atoms with Crippen molar-refractivity contribution in [2.24, 2.45) is 4.99 Å². The maximum absolute atomic E-state index is 14.1. The van der Waals surface area contributed by atoms with Gasteiger partial charge in [-0.25, -0.2) is 4.99 Å². The Morgan fingerprint density at radius 1 is 1.23 bits per heavy atom. The molecule has 2 aliphatic rings. The molecule has 1 aromatic heterocycles. The van der Waals surface area contributed by atoms with E-state index < -0.39 is 0 Å². The molecule has 200 valence electrons. The van der Waals surface area contributed by atoms with E-state index in [1.807, 2.05) is 61.5 Å². The van der Waals surface area contributed by atoms with E-state index in [4.69, 9.17) is 25.9 Å². The second kappa shape index (κ2) is 11.8. The van der Waals surface area contributed by atoms with Crippen molar-refractivity contribution in [2.45, 2.75) is 39.3 Å². The van der Waals surface area contributed by atoms with Gasteiger partial charge in [-0.15, -0.1) is 0 Å². The number of hydrogen-bond acceptors (Lipinski definition) is 7. The summed E-state index contributed by atoms with van der Waals surface area (Å²) in [5.74, 6) is 1.75. The number of allylic oxidation sites excluding steroid dienone is 1. The number of carbonyl (C=O) groups is 1. The summed E-state index contributed by atoms with van der Waals surface area (Å²) in [6, 6.07) is 15.5. The molecule has 3 heterocycles. The van der Waals surface area contributed by atoms with Crippen molar-refractivity contribution in [2.75, 3.05) is 13.2 Å². The summed E-state index contributed by atoms with van der Waals surface area (Å²) in [6.07, 6.45) is 5.54. The van der Waals surface area contributed by atoms with Crippen LogP contribution >= 0.6 is 11.6 Å². The van der Waals surface area contributed by atoms with E-state index in [1.54, 1.807) is 17.9 Å². The standard InChI is InChI=1S/C30H30ClN5O3/c1-4-22-16-26(25-11-10-23(17-27(25)31)28-34-20(3)39-35-28)30(37)36(18-21-8-6-5-7-9-21)29(22)33-19(2)32-24-12-14-38-15-13-24/h4-11,16-17,24,32H,2,12-15,18H2,1,3H3/b22-4-,33-29+. The topological polar surface area (TPSA) is 92.8 Å². The van der Waals surface area contributed by atoms with Gasteiger partial charge in [0.2, 0.25) is 11.7 Å². The maximum Gasteiger partial charge on any atom is 0.260 e. The van der Waals surface area contributed by atoms with Crippen molar-refractivity contribution < 1.29 is 14.1 Å². The van der Waals surface area contributed by atoms with Crippen molar-refractivity contribution in [3.8, 4) is 11.4 Å². The molecule has 3 aromatic rings. The summed E-state index contributed by atoms with van der Waals surface area (Å²) in [7, 11) is 0. The number of halogens is 1. The zero-order valence-corrected chi connectivity index (χ0v) is 22.7. The minimum Gasteiger partial charge on any atom is -0.381 e. The summed E-state index contributed by atoms with van der Waals surface area (Å²) in [5.41, 5.74) is 3.56. The molecule has 0 spiro atoms. The SMILES string of the molecule is C=C(/N=C1\C(=C/C)C=C(c2ccc(-c3noc(C)n3)cc2Cl)C(=O)N1Cc1ccccc1)NC1CCOCC1. The largest absolute Gasteiger partial charge is 0.381 e. The van der Waals surface area contributed by atoms with Crippen LogP contribution in [0.4, 0.5) is 0 Å². The Kier molecular flexibility index (Phi) is 8.05. The fourth-order valence-corrected chi connectivity index (χ4v) is 4.93. The Bertz CT molecular complexity index is 1470. The van der Waals surface area contributed by atoms with E-state index in [2.05, 4.69) is 22.0 Å². The number of aromatic nitrogens is 2. The Morgan fingerprint density at radius 3 is 2.67 bits per heavy atom. The van der Waals surface area contributed by atoms with Gasteiger partial charge >= 0.3 is 0 Å². The van der Waals surface area contributed by atoms with Gasteiger partial charge in [-0.1, -0.05) is 71.9 Å². The summed E-state index contributed by atoms with van der Waals surface area (Å²) in [4.78, 5) is 24.8. The fraction of sp³-hybridized carbons (Fsp3) is 0.267. The van der Waals surface area contributed by atoms with Gasteiger partial charge in [0.15, 0.2) is 0 Å². The molecule has 2 aliphatic heterocycles. The average molecular weight is 544 g/mol. The molecule has 5 rings (SSSR count). The van der Waals surface area contributed by atoms with Gasteiger partial charge < -0.3 is 14.6 Å². The van der Waals surface area contributed by atoms with Crippen molar-refractivity contribution in [3.63, 3.8) is 0 Å². The normalized spacial score (nSPS) is 18.5. The van der Waals surface area contributed by atoms with E-state index in [1.165, 1.54) is 0 Å². The zero-order chi connectivity index (χ0) is 27.4. The molecule has 8 nitrogen and oxygen atoms in total. The van der Waals surface area contributed by atoms with Crippen molar-refractivity contribution >= 4 is 28.9 Å². The maximum atomic E-state index is 14.1. The van der Waals surface area contributed by atoms with E-state index in [9.17, 15) is 4.79 Å². The van der Waals surface area contributed by atoms with Crippen LogP contribution in [0.2, 0.25) is 5.02 Å². The Morgan fingerprint density at radius 2 is 2.00 bits per heavy atom. The monoisotopic (exact) mass is 543 g/mol. The minimum absolute atomic E-state index is 0.202. The second-order valence-electron chi connectivity index (χ2n) is 9.42. The minimum atomic E-state index is -0.202. The summed E-state index contributed by atoms with van der Waals surface area (Å²) >= 11 is 6.73. The Hall–Kier alpha value is -4.01. The third-order valence-electron chi connectivity index (χ3n) is 6.66. The molecule has 9 heteroatoms. The van der Waals surface area contributed by atoms with Gasteiger partial charge in [0.25, 0.3) is 5.91 Å². The Balaban J connectivity index is 1.51. The smallest absolute Gasteiger partial charge is 0.260 e. The van der Waals surface area contributed by atoms with Gasteiger partial charge in [-0.2, -0.15) is 4.98 Å². The molecule has 0 radical (unpaired) electrons. The number of carbonyl (C=O) groups excluding carboxylic acids is 1. The van der Waals surface area contributed by atoms with E-state index in [0.29, 0.717) is 64.9 Å². The first-order valence-corrected chi connectivity index (χ1v) is 13.3. The summed E-state index contributed by atoms with van der Waals surface area (Å²) in [5, 5.41) is 7.78. The number of nitrogens with one attached hydrogen (secondary N) is 1. The predicted octanol–water partition coefficient (Wildman–Crippen LogP) is 5.71. The number of hydrogen-bond donors (Lipinski definition) is 1. The zero-order valence-electron chi connectivity index (χ0n) is 22.0. The van der Waals surface area contributed by atoms with Crippen molar-refractivity contribution in [1.82, 2.24) is 20.4 Å². The molecule has 0 unspecified atom stereocenters. The molecule has 1 N–H and O–H groups in total. The van der Waals surface area contributed by atoms with Crippen LogP contribution in [-0.2, 0) is 16.1 Å². The lowest BCUT2D eigenvalue weighted by Crippen LogP contribution is -2.41. The van der Waals surface area contributed by atoms with Gasteiger partial charge in [0.05, 0.1) is 6.54 Å². The number of amides is 1. The lowest BCUT2D eigenvalue weighted by Gasteiger charge is -2.31. The predicted molar refractivity (Wildman–Crippen MR) is 152 cm³/mol. The summed E-state index contributed by atoms with van der Waals surface area (Å²) < 4.78 is 10.6. The van der Waals surface area contributed by atoms with Gasteiger partial charge in [0.1, 0.15) is 11.7 Å². The van der Waals surface area contributed by atoms with Gasteiger partial charge in [-0.3, -0.25) is 9.69 Å². The molecule has 0 atom stereocenters. The van der Waals surface area contributed by atoms with Crippen LogP contribution in [0.3, 0.4) is 0 Å². The number of amidine groups is 1. The average Bonchev–Trinajstić information content (AvgIpc) is 3.38. The number of aryl methyl sites for hydroxylation is 1. The van der Waals surface area contributed by atoms with Crippen LogP contribution in [0.1, 0.15) is 36.8 Å². The molecule has 0 bridgehead atoms. The van der Waals surface area contributed by atoms with E-state index in [0.717, 1.165) is 24.0 Å². The molecule has 2 aromatic carbocycles. The molecule has 1 saturated heterocycles. The number of nitrogens with zero attached hydrogens (tertiary/aromatic N) is 4. The first-order chi connectivity index (χ1) is 18.9. The lowest BCUT2D eigenvalue weighted by molar-refractivity contribution is -0.122. The molecule has 1 fully saturated rings. The number of ether oxygens (including phenoxy) is 1. The number of aliphatic imine (C=N–C) groups is 1. The number of rotatable bonds is 7. The van der Waals surface area contributed by atoms with Crippen LogP contribution in [0, 0.1) is 6.92 Å². The highest BCUT2D eigenvalue weighted by Gasteiger charge is 2.32. The molecule has 39 heavy (non-hydrogen) atoms. The molecule has 0 aliphatic carbocycles. The van der Waals surface area contributed by atoms with Crippen LogP contribution in [0.5, 0.6) is 0 Å². The van der Waals surface area contributed by atoms with E-state index in [-0.39, 0.29) is 11.9 Å². The number of benzene rings is 2. The summed E-state index contributed by atoms with van der Waals surface area (Å²) in [6.45, 7) is 9.55. The highest BCUT2D eigenvalue weighted by molar-refractivity contribution is 6.37. The third kappa shape index (κ3) is 6.02. The lowest BCUT2D eigenvalue weighted by atomic mass is 9.95. The van der Waals surface area contributed by atoms with Crippen molar-refractivity contribution in [1.29, 1.82) is 0 Å². The fourth-order valence-electron chi connectivity index (χ4n) is 4.65. The van der Waals surface area contributed by atoms with Crippen LogP contribution in [-0.4, -0.2) is 46.0 Å². The van der Waals surface area contributed by atoms with Crippen LogP contribution in [0.15, 0.2) is 88.2 Å². The first kappa shape index (κ1) is 26.6. The molecule has 0 saturated carbocycles. The first-order valence-electron chi connectivity index (χ1n) is 12.9. The Labute approximate surface area is 232 Å². The highest BCUT2D eigenvalue weighted by Crippen LogP contribution is 2.34. The second-order valence-corrected chi connectivity index (χ2v) is 9.83. The molecular weight excluding hydrogens is 514 g/mol. The van der Waals surface area contributed by atoms with E-state index >= 15 is 0 Å². The van der Waals surface area contributed by atoms with Gasteiger partial charge in [0, 0.05) is 53.5 Å². The van der Waals surface area contributed by atoms with Gasteiger partial charge in [-0.05, 0) is 37.5 Å².